The molecule has 1 aliphatic rings. The molecule has 1 fully saturated rings. The van der Waals surface area contributed by atoms with E-state index in [1.807, 2.05) is 0 Å². The van der Waals surface area contributed by atoms with Crippen LogP contribution < -0.4 is 5.32 Å². The molecule has 1 saturated heterocycles. The number of hydrogen-bond acceptors (Lipinski definition) is 4. The highest BCUT2D eigenvalue weighted by Crippen LogP contribution is 2.38. The highest BCUT2D eigenvalue weighted by Gasteiger charge is 2.52. The minimum Gasteiger partial charge on any atom is -0.444 e. The number of hydrogen-bond donors (Lipinski definition) is 1. The van der Waals surface area contributed by atoms with Gasteiger partial charge in [0.1, 0.15) is 17.5 Å². The molecule has 0 spiro atoms. The molecular formula is C17H17F6NO4. The first-order valence-corrected chi connectivity index (χ1v) is 8.08. The van der Waals surface area contributed by atoms with Crippen LogP contribution in [-0.4, -0.2) is 35.8 Å². The van der Waals surface area contributed by atoms with Crippen molar-refractivity contribution in [2.45, 2.75) is 57.2 Å². The number of rotatable bonds is 2. The molecule has 1 aromatic rings. The number of ether oxygens (including phenoxy) is 2. The van der Waals surface area contributed by atoms with E-state index < -0.39 is 71.3 Å². The third-order valence-electron chi connectivity index (χ3n) is 3.69. The molecule has 2 rings (SSSR count). The van der Waals surface area contributed by atoms with Gasteiger partial charge in [-0.05, 0) is 26.8 Å². The zero-order valence-electron chi connectivity index (χ0n) is 15.0. The quantitative estimate of drug-likeness (QED) is 0.589. The Morgan fingerprint density at radius 2 is 1.79 bits per heavy atom. The van der Waals surface area contributed by atoms with Crippen molar-refractivity contribution in [2.24, 2.45) is 0 Å². The molecule has 156 valence electrons. The number of carbonyl (C=O) groups is 2. The largest absolute Gasteiger partial charge is 0.444 e. The smallest absolute Gasteiger partial charge is 0.421 e. The second kappa shape index (κ2) is 7.61. The summed E-state index contributed by atoms with van der Waals surface area (Å²) in [6.07, 6.45) is -12.1. The van der Waals surface area contributed by atoms with Gasteiger partial charge in [0.2, 0.25) is 6.10 Å². The summed E-state index contributed by atoms with van der Waals surface area (Å²) in [5.74, 6) is -6.01. The van der Waals surface area contributed by atoms with Gasteiger partial charge in [0.25, 0.3) is 0 Å². The Morgan fingerprint density at radius 1 is 1.18 bits per heavy atom. The van der Waals surface area contributed by atoms with Crippen LogP contribution in [0.25, 0.3) is 0 Å². The van der Waals surface area contributed by atoms with Crippen molar-refractivity contribution in [3.05, 3.63) is 35.1 Å². The van der Waals surface area contributed by atoms with E-state index in [0.29, 0.717) is 6.07 Å². The lowest BCUT2D eigenvalue weighted by Gasteiger charge is -2.37. The number of ketones is 1. The summed E-state index contributed by atoms with van der Waals surface area (Å²) < 4.78 is 90.0. The van der Waals surface area contributed by atoms with E-state index in [0.717, 1.165) is 0 Å². The van der Waals surface area contributed by atoms with Crippen molar-refractivity contribution < 1.29 is 45.4 Å². The van der Waals surface area contributed by atoms with Crippen LogP contribution in [0.4, 0.5) is 31.1 Å². The molecule has 0 radical (unpaired) electrons. The maximum absolute atomic E-state index is 14.1. The Hall–Kier alpha value is -2.30. The average molecular weight is 413 g/mol. The second-order valence-electron chi connectivity index (χ2n) is 7.19. The van der Waals surface area contributed by atoms with Crippen LogP contribution in [0.2, 0.25) is 0 Å². The Morgan fingerprint density at radius 3 is 2.32 bits per heavy atom. The molecule has 3 atom stereocenters. The number of alkyl halides is 3. The minimum atomic E-state index is -5.13. The summed E-state index contributed by atoms with van der Waals surface area (Å²) in [4.78, 5) is 23.8. The number of amides is 1. The van der Waals surface area contributed by atoms with Crippen molar-refractivity contribution in [1.82, 2.24) is 5.32 Å². The topological polar surface area (TPSA) is 64.6 Å². The standard InChI is InChI=1S/C17H17F6NO4/c1-16(2,3)28-15(26)24-10-6-11(25)14(17(21,22)23)27-13(10)8-4-7(18)5-9(19)12(8)20/h4-5,10,13-14H,6H2,1-3H3,(H,24,26)/t10-,13+,14?/m0/s1. The maximum Gasteiger partial charge on any atom is 0.421 e. The summed E-state index contributed by atoms with van der Waals surface area (Å²) in [5.41, 5.74) is -1.88. The molecule has 0 saturated carbocycles. The monoisotopic (exact) mass is 413 g/mol. The minimum absolute atomic E-state index is 0.199. The second-order valence-corrected chi connectivity index (χ2v) is 7.19. The summed E-state index contributed by atoms with van der Waals surface area (Å²) in [6.45, 7) is 4.52. The Labute approximate surface area is 156 Å². The zero-order chi connectivity index (χ0) is 21.4. The van der Waals surface area contributed by atoms with Crippen LogP contribution in [0.5, 0.6) is 0 Å². The van der Waals surface area contributed by atoms with Crippen molar-refractivity contribution in [3.8, 4) is 0 Å². The molecule has 0 aromatic heterocycles. The van der Waals surface area contributed by atoms with Crippen LogP contribution in [0.15, 0.2) is 12.1 Å². The fraction of sp³-hybridized carbons (Fsp3) is 0.529. The van der Waals surface area contributed by atoms with Gasteiger partial charge in [0, 0.05) is 18.1 Å². The lowest BCUT2D eigenvalue weighted by atomic mass is 9.91. The molecule has 1 heterocycles. The Kier molecular flexibility index (Phi) is 5.98. The average Bonchev–Trinajstić information content (AvgIpc) is 2.48. The Balaban J connectivity index is 2.42. The highest BCUT2D eigenvalue weighted by atomic mass is 19.4. The molecule has 28 heavy (non-hydrogen) atoms. The lowest BCUT2D eigenvalue weighted by Crippen LogP contribution is -2.53. The molecule has 1 amide bonds. The van der Waals surface area contributed by atoms with Crippen LogP contribution in [0.1, 0.15) is 38.9 Å². The summed E-state index contributed by atoms with van der Waals surface area (Å²) in [6, 6.07) is -0.905. The van der Waals surface area contributed by atoms with Crippen LogP contribution in [0.3, 0.4) is 0 Å². The molecule has 5 nitrogen and oxygen atoms in total. The van der Waals surface area contributed by atoms with E-state index in [-0.39, 0.29) is 6.07 Å². The fourth-order valence-corrected chi connectivity index (χ4v) is 2.67. The van der Waals surface area contributed by atoms with E-state index in [2.05, 4.69) is 10.1 Å². The number of carbonyl (C=O) groups excluding carboxylic acids is 2. The first kappa shape index (κ1) is 22.0. The molecule has 0 aliphatic carbocycles. The van der Waals surface area contributed by atoms with E-state index >= 15 is 0 Å². The van der Waals surface area contributed by atoms with Gasteiger partial charge in [-0.25, -0.2) is 18.0 Å². The van der Waals surface area contributed by atoms with Gasteiger partial charge in [-0.1, -0.05) is 0 Å². The van der Waals surface area contributed by atoms with E-state index in [4.69, 9.17) is 4.74 Å². The zero-order valence-corrected chi connectivity index (χ0v) is 15.0. The fourth-order valence-electron chi connectivity index (χ4n) is 2.67. The van der Waals surface area contributed by atoms with Gasteiger partial charge < -0.3 is 14.8 Å². The van der Waals surface area contributed by atoms with E-state index in [1.54, 1.807) is 0 Å². The van der Waals surface area contributed by atoms with Gasteiger partial charge in [0.05, 0.1) is 6.04 Å². The number of Topliss-reactive ketones (excluding diaryl/α,β-unsaturated/α-hetero) is 1. The molecule has 0 bridgehead atoms. The number of halogens is 6. The molecule has 1 aliphatic heterocycles. The van der Waals surface area contributed by atoms with Gasteiger partial charge in [-0.15, -0.1) is 0 Å². The highest BCUT2D eigenvalue weighted by molar-refractivity contribution is 5.86. The molecule has 1 N–H and O–H groups in total. The first-order chi connectivity index (χ1) is 12.7. The van der Waals surface area contributed by atoms with E-state index in [9.17, 15) is 35.9 Å². The predicted octanol–water partition coefficient (Wildman–Crippen LogP) is 3.96. The van der Waals surface area contributed by atoms with Gasteiger partial charge in [-0.2, -0.15) is 13.2 Å². The number of nitrogens with one attached hydrogen (secondary N) is 1. The lowest BCUT2D eigenvalue weighted by molar-refractivity contribution is -0.239. The molecule has 1 unspecified atom stereocenters. The summed E-state index contributed by atoms with van der Waals surface area (Å²) in [7, 11) is 0. The van der Waals surface area contributed by atoms with E-state index in [1.165, 1.54) is 20.8 Å². The van der Waals surface area contributed by atoms with Crippen molar-refractivity contribution in [2.75, 3.05) is 0 Å². The SMILES string of the molecule is CC(C)(C)OC(=O)N[C@H]1CC(=O)C(C(F)(F)F)O[C@@H]1c1cc(F)cc(F)c1F. The van der Waals surface area contributed by atoms with Gasteiger partial charge >= 0.3 is 12.3 Å². The number of alkyl carbamates (subject to hydrolysis) is 1. The molecule has 1 aromatic carbocycles. The van der Waals surface area contributed by atoms with Crippen molar-refractivity contribution in [1.29, 1.82) is 0 Å². The van der Waals surface area contributed by atoms with Gasteiger partial charge in [0.15, 0.2) is 17.4 Å². The Bertz CT molecular complexity index is 772. The normalized spacial score (nSPS) is 23.5. The maximum atomic E-state index is 14.1. The van der Waals surface area contributed by atoms with Crippen molar-refractivity contribution in [3.63, 3.8) is 0 Å². The van der Waals surface area contributed by atoms with Gasteiger partial charge in [-0.3, -0.25) is 4.79 Å². The van der Waals surface area contributed by atoms with Crippen molar-refractivity contribution >= 4 is 11.9 Å². The third kappa shape index (κ3) is 5.15. The summed E-state index contributed by atoms with van der Waals surface area (Å²) >= 11 is 0. The van der Waals surface area contributed by atoms with Crippen LogP contribution >= 0.6 is 0 Å². The predicted molar refractivity (Wildman–Crippen MR) is 82.8 cm³/mol. The summed E-state index contributed by atoms with van der Waals surface area (Å²) in [5, 5.41) is 2.11. The first-order valence-electron chi connectivity index (χ1n) is 8.08. The third-order valence-corrected chi connectivity index (χ3v) is 3.69. The van der Waals surface area contributed by atoms with Crippen LogP contribution in [-0.2, 0) is 14.3 Å². The van der Waals surface area contributed by atoms with Crippen LogP contribution in [0, 0.1) is 17.5 Å². The number of benzene rings is 1. The molecule has 11 heteroatoms. The molecular weight excluding hydrogens is 396 g/mol.